The number of amides is 2. The maximum Gasteiger partial charge on any atom is 0.324 e. The van der Waals surface area contributed by atoms with E-state index in [2.05, 4.69) is 29.8 Å². The van der Waals surface area contributed by atoms with Gasteiger partial charge in [0.25, 0.3) is 0 Å². The second-order valence-electron chi connectivity index (χ2n) is 6.61. The lowest BCUT2D eigenvalue weighted by Crippen LogP contribution is -2.47. The topological polar surface area (TPSA) is 70.7 Å². The fourth-order valence-corrected chi connectivity index (χ4v) is 2.33. The number of carbonyl (C=O) groups is 1. The second kappa shape index (κ2) is 11.2. The Kier molecular flexibility index (Phi) is 13.3. The third-order valence-corrected chi connectivity index (χ3v) is 3.21. The van der Waals surface area contributed by atoms with E-state index in [1.165, 1.54) is 0 Å². The van der Waals surface area contributed by atoms with Gasteiger partial charge in [0.1, 0.15) is 5.84 Å². The molecule has 2 amide bonds. The number of likely N-dealkylation sites (N-methyl/N-ethyl adjacent to an activating group) is 1. The number of urea groups is 1. The molecule has 0 radical (unpaired) electrons. The van der Waals surface area contributed by atoms with Crippen LogP contribution in [-0.2, 0) is 0 Å². The van der Waals surface area contributed by atoms with Gasteiger partial charge in [-0.1, -0.05) is 19.9 Å². The Labute approximate surface area is 161 Å². The van der Waals surface area contributed by atoms with Gasteiger partial charge < -0.3 is 15.3 Å². The zero-order chi connectivity index (χ0) is 15.5. The summed E-state index contributed by atoms with van der Waals surface area (Å²) in [6.07, 6.45) is 2.96. The maximum atomic E-state index is 12.4. The average Bonchev–Trinajstić information content (AvgIpc) is 2.25. The molecule has 1 rings (SSSR count). The van der Waals surface area contributed by atoms with Gasteiger partial charge in [0.2, 0.25) is 0 Å². The molecule has 138 valence electrons. The van der Waals surface area contributed by atoms with E-state index in [-0.39, 0.29) is 50.9 Å². The van der Waals surface area contributed by atoms with Crippen LogP contribution < -0.4 is 0 Å². The molecule has 0 unspecified atom stereocenters. The van der Waals surface area contributed by atoms with Crippen molar-refractivity contribution in [3.8, 4) is 0 Å². The highest BCUT2D eigenvalue weighted by atomic mass is 79.9. The Bertz CT molecular complexity index is 435. The first kappa shape index (κ1) is 27.4. The quantitative estimate of drug-likeness (QED) is 0.650. The van der Waals surface area contributed by atoms with Crippen LogP contribution in [0, 0.1) is 5.41 Å². The lowest BCUT2D eigenvalue weighted by atomic mass is 9.86. The largest absolute Gasteiger partial charge is 0.412 e. The highest BCUT2D eigenvalue weighted by Gasteiger charge is 2.29. The maximum absolute atomic E-state index is 12.4. The summed E-state index contributed by atoms with van der Waals surface area (Å²) >= 11 is 0. The summed E-state index contributed by atoms with van der Waals surface area (Å²) in [6, 6.07) is -0.00361. The summed E-state index contributed by atoms with van der Waals surface area (Å²) in [5.74, 6) is 0.871. The fourth-order valence-electron chi connectivity index (χ4n) is 2.33. The molecule has 1 heterocycles. The molecule has 8 heteroatoms. The van der Waals surface area contributed by atoms with Crippen LogP contribution >= 0.6 is 34.0 Å². The molecule has 0 fully saturated rings. The molecule has 23 heavy (non-hydrogen) atoms. The highest BCUT2D eigenvalue weighted by molar-refractivity contribution is 8.93. The molecule has 0 aliphatic carbocycles. The Hall–Kier alpha value is -0.440. The first-order valence-electron chi connectivity index (χ1n) is 7.03. The van der Waals surface area contributed by atoms with Gasteiger partial charge in [0.05, 0.1) is 0 Å². The van der Waals surface area contributed by atoms with Gasteiger partial charge in [-0.25, -0.2) is 9.79 Å². The molecule has 0 bridgehead atoms. The second-order valence-corrected chi connectivity index (χ2v) is 6.61. The first-order chi connectivity index (χ1) is 9.12. The van der Waals surface area contributed by atoms with Crippen LogP contribution in [0.5, 0.6) is 0 Å². The number of hydrogen-bond donors (Lipinski definition) is 0. The van der Waals surface area contributed by atoms with Crippen molar-refractivity contribution >= 4 is 45.8 Å². The number of aliphatic imine (C=N–C) groups is 1. The lowest BCUT2D eigenvalue weighted by molar-refractivity contribution is 0.189. The van der Waals surface area contributed by atoms with Crippen molar-refractivity contribution in [1.29, 1.82) is 0 Å². The Balaban J connectivity index is -0.00000133. The van der Waals surface area contributed by atoms with Crippen LogP contribution in [0.1, 0.15) is 27.2 Å². The normalized spacial score (nSPS) is 15.3. The third-order valence-electron chi connectivity index (χ3n) is 3.21. The molecule has 1 aliphatic rings. The minimum absolute atomic E-state index is 0. The van der Waals surface area contributed by atoms with E-state index in [1.807, 2.05) is 21.0 Å². The van der Waals surface area contributed by atoms with E-state index >= 15 is 0 Å². The summed E-state index contributed by atoms with van der Waals surface area (Å²) in [7, 11) is 7.58. The zero-order valence-corrected chi connectivity index (χ0v) is 18.6. The van der Waals surface area contributed by atoms with Gasteiger partial charge >= 0.3 is 6.03 Å². The number of amidine groups is 1. The summed E-state index contributed by atoms with van der Waals surface area (Å²) in [5.41, 5.74) is 1.03. The van der Waals surface area contributed by atoms with Crippen molar-refractivity contribution in [2.45, 2.75) is 27.2 Å². The van der Waals surface area contributed by atoms with Crippen molar-refractivity contribution in [2.24, 2.45) is 10.4 Å². The van der Waals surface area contributed by atoms with Crippen molar-refractivity contribution in [2.75, 3.05) is 41.3 Å². The zero-order valence-electron chi connectivity index (χ0n) is 15.2. The SMILES string of the molecule is Br.Br.CC1=CC(C)(C)CC(N(CCN(C)C)C(=O)N(C)C)=N1.O. The van der Waals surface area contributed by atoms with Gasteiger partial charge in [0, 0.05) is 39.3 Å². The lowest BCUT2D eigenvalue weighted by Gasteiger charge is -2.34. The first-order valence-corrected chi connectivity index (χ1v) is 7.03. The predicted octanol–water partition coefficient (Wildman–Crippen LogP) is 2.59. The molecular formula is C15H32Br2N4O2. The van der Waals surface area contributed by atoms with E-state index in [1.54, 1.807) is 23.9 Å². The van der Waals surface area contributed by atoms with Gasteiger partial charge in [-0.2, -0.15) is 0 Å². The molecule has 0 atom stereocenters. The highest BCUT2D eigenvalue weighted by Crippen LogP contribution is 2.30. The van der Waals surface area contributed by atoms with Crippen LogP contribution in [0.2, 0.25) is 0 Å². The number of nitrogens with zero attached hydrogens (tertiary/aromatic N) is 4. The van der Waals surface area contributed by atoms with Crippen LogP contribution in [0.3, 0.4) is 0 Å². The van der Waals surface area contributed by atoms with Crippen LogP contribution in [0.25, 0.3) is 0 Å². The fraction of sp³-hybridized carbons (Fsp3) is 0.733. The standard InChI is InChI=1S/C15H28N4O.2BrH.H2O/c1-12-10-15(2,3)11-13(16-12)19(9-8-17(4)5)14(20)18(6)7;;;/h10H,8-9,11H2,1-7H3;2*1H;1H2. The molecule has 0 saturated carbocycles. The van der Waals surface area contributed by atoms with E-state index in [4.69, 9.17) is 0 Å². The number of rotatable bonds is 3. The van der Waals surface area contributed by atoms with Crippen molar-refractivity contribution < 1.29 is 10.3 Å². The molecule has 1 aliphatic heterocycles. The molecule has 0 aromatic rings. The summed E-state index contributed by atoms with van der Waals surface area (Å²) in [5, 5.41) is 0. The summed E-state index contributed by atoms with van der Waals surface area (Å²) in [6.45, 7) is 7.82. The number of halogens is 2. The Morgan fingerprint density at radius 1 is 1.17 bits per heavy atom. The predicted molar refractivity (Wildman–Crippen MR) is 108 cm³/mol. The minimum atomic E-state index is -0.00361. The van der Waals surface area contributed by atoms with Crippen molar-refractivity contribution in [3.05, 3.63) is 11.8 Å². The monoisotopic (exact) mass is 458 g/mol. The number of hydrogen-bond acceptors (Lipinski definition) is 3. The Morgan fingerprint density at radius 2 is 1.70 bits per heavy atom. The summed E-state index contributed by atoms with van der Waals surface area (Å²) in [4.78, 5) is 22.5. The molecule has 2 N–H and O–H groups in total. The molecule has 0 spiro atoms. The summed E-state index contributed by atoms with van der Waals surface area (Å²) < 4.78 is 0. The van der Waals surface area contributed by atoms with E-state index < -0.39 is 0 Å². The average molecular weight is 460 g/mol. The molecule has 0 aromatic heterocycles. The Morgan fingerprint density at radius 3 is 2.09 bits per heavy atom. The molecule has 0 saturated heterocycles. The van der Waals surface area contributed by atoms with E-state index in [0.29, 0.717) is 6.54 Å². The van der Waals surface area contributed by atoms with E-state index in [9.17, 15) is 4.79 Å². The van der Waals surface area contributed by atoms with Crippen molar-refractivity contribution in [3.63, 3.8) is 0 Å². The molecule has 6 nitrogen and oxygen atoms in total. The van der Waals surface area contributed by atoms with E-state index in [0.717, 1.165) is 24.5 Å². The molecule has 0 aromatic carbocycles. The number of allylic oxidation sites excluding steroid dienone is 2. The smallest absolute Gasteiger partial charge is 0.324 e. The van der Waals surface area contributed by atoms with Crippen LogP contribution in [0.15, 0.2) is 16.8 Å². The minimum Gasteiger partial charge on any atom is -0.412 e. The van der Waals surface area contributed by atoms with Crippen LogP contribution in [-0.4, -0.2) is 73.3 Å². The van der Waals surface area contributed by atoms with Crippen molar-refractivity contribution in [1.82, 2.24) is 14.7 Å². The third kappa shape index (κ3) is 8.83. The van der Waals surface area contributed by atoms with Gasteiger partial charge in [-0.05, 0) is 26.4 Å². The van der Waals surface area contributed by atoms with Gasteiger partial charge in [-0.15, -0.1) is 34.0 Å². The molecular weight excluding hydrogens is 428 g/mol. The van der Waals surface area contributed by atoms with Gasteiger partial charge in [-0.3, -0.25) is 4.90 Å². The van der Waals surface area contributed by atoms with Crippen LogP contribution in [0.4, 0.5) is 4.79 Å². The van der Waals surface area contributed by atoms with Gasteiger partial charge in [0.15, 0.2) is 0 Å². The number of carbonyl (C=O) groups excluding carboxylic acids is 1.